The van der Waals surface area contributed by atoms with Crippen molar-refractivity contribution in [3.63, 3.8) is 0 Å². The molecule has 2 aliphatic heterocycles. The second-order valence-electron chi connectivity index (χ2n) is 9.17. The summed E-state index contributed by atoms with van der Waals surface area (Å²) in [6.07, 6.45) is 2.98. The number of carbonyl (C=O) groups is 2. The molecule has 2 saturated heterocycles. The molecule has 1 unspecified atom stereocenters. The maximum atomic E-state index is 12.7. The number of piperidine rings is 1. The average Bonchev–Trinajstić information content (AvgIpc) is 3.30. The number of rotatable bonds is 4. The maximum absolute atomic E-state index is 12.7. The molecule has 0 aliphatic carbocycles. The Balaban J connectivity index is 1.27. The van der Waals surface area contributed by atoms with Gasteiger partial charge in [0, 0.05) is 51.5 Å². The number of amides is 3. The topological polar surface area (TPSA) is 55.9 Å². The van der Waals surface area contributed by atoms with Crippen LogP contribution in [0.1, 0.15) is 43.2 Å². The number of hydrogen-bond donors (Lipinski definition) is 1. The van der Waals surface area contributed by atoms with Gasteiger partial charge in [-0.1, -0.05) is 29.8 Å². The van der Waals surface area contributed by atoms with E-state index < -0.39 is 0 Å². The molecular weight excluding hydrogens is 400 g/mol. The first-order valence-corrected chi connectivity index (χ1v) is 11.6. The first-order valence-electron chi connectivity index (χ1n) is 11.6. The van der Waals surface area contributed by atoms with E-state index in [0.717, 1.165) is 56.8 Å². The Bertz CT molecular complexity index is 933. The zero-order chi connectivity index (χ0) is 22.7. The lowest BCUT2D eigenvalue weighted by Gasteiger charge is -2.32. The highest BCUT2D eigenvalue weighted by molar-refractivity contribution is 5.89. The Hall–Kier alpha value is -3.02. The van der Waals surface area contributed by atoms with Crippen LogP contribution in [0, 0.1) is 6.92 Å². The van der Waals surface area contributed by atoms with Crippen molar-refractivity contribution in [2.75, 3.05) is 43.4 Å². The Morgan fingerprint density at radius 1 is 0.938 bits per heavy atom. The van der Waals surface area contributed by atoms with Gasteiger partial charge in [0.15, 0.2) is 0 Å². The number of urea groups is 1. The molecule has 4 rings (SSSR count). The van der Waals surface area contributed by atoms with Gasteiger partial charge in [-0.3, -0.25) is 4.79 Å². The van der Waals surface area contributed by atoms with E-state index in [1.54, 1.807) is 6.92 Å². The zero-order valence-electron chi connectivity index (χ0n) is 19.4. The summed E-state index contributed by atoms with van der Waals surface area (Å²) < 4.78 is 0. The maximum Gasteiger partial charge on any atom is 0.321 e. The molecular formula is C26H34N4O2. The molecule has 0 radical (unpaired) electrons. The van der Waals surface area contributed by atoms with Gasteiger partial charge in [-0.15, -0.1) is 0 Å². The molecule has 0 aromatic heterocycles. The van der Waals surface area contributed by atoms with E-state index in [0.29, 0.717) is 5.92 Å². The van der Waals surface area contributed by atoms with Crippen molar-refractivity contribution >= 4 is 23.3 Å². The van der Waals surface area contributed by atoms with Gasteiger partial charge in [-0.2, -0.15) is 0 Å². The number of anilines is 2. The van der Waals surface area contributed by atoms with Crippen LogP contribution in [0.25, 0.3) is 0 Å². The minimum absolute atomic E-state index is 0.0237. The fourth-order valence-electron chi connectivity index (χ4n) is 4.76. The molecule has 2 aromatic carbocycles. The standard InChI is InChI=1S/C26H34N4O2/c1-19-4-6-21(7-5-19)22-12-15-29(16-13-22)26(32)27-23-8-10-24(11-9-23)30-17-14-25(18-30)28(3)20(2)31/h4-11,22,25H,12-18H2,1-3H3,(H,27,32). The number of hydrogen-bond acceptors (Lipinski definition) is 3. The lowest BCUT2D eigenvalue weighted by Crippen LogP contribution is -2.40. The van der Waals surface area contributed by atoms with E-state index in [9.17, 15) is 9.59 Å². The molecule has 6 nitrogen and oxygen atoms in total. The van der Waals surface area contributed by atoms with Crippen molar-refractivity contribution in [2.45, 2.75) is 45.1 Å². The van der Waals surface area contributed by atoms with Gasteiger partial charge in [0.2, 0.25) is 5.91 Å². The number of aryl methyl sites for hydroxylation is 1. The quantitative estimate of drug-likeness (QED) is 0.773. The van der Waals surface area contributed by atoms with Crippen LogP contribution in [0.5, 0.6) is 0 Å². The largest absolute Gasteiger partial charge is 0.369 e. The molecule has 0 saturated carbocycles. The van der Waals surface area contributed by atoms with E-state index >= 15 is 0 Å². The highest BCUT2D eigenvalue weighted by Gasteiger charge is 2.27. The second kappa shape index (κ2) is 9.63. The minimum atomic E-state index is -0.0237. The van der Waals surface area contributed by atoms with Crippen molar-refractivity contribution < 1.29 is 9.59 Å². The van der Waals surface area contributed by atoms with Gasteiger partial charge in [-0.05, 0) is 61.9 Å². The molecule has 1 atom stereocenters. The Morgan fingerprint density at radius 2 is 1.59 bits per heavy atom. The van der Waals surface area contributed by atoms with E-state index in [2.05, 4.69) is 53.5 Å². The van der Waals surface area contributed by atoms with Crippen LogP contribution in [-0.4, -0.2) is 61.0 Å². The molecule has 6 heteroatoms. The molecule has 32 heavy (non-hydrogen) atoms. The van der Waals surface area contributed by atoms with Crippen molar-refractivity contribution in [3.8, 4) is 0 Å². The summed E-state index contributed by atoms with van der Waals surface area (Å²) in [4.78, 5) is 30.4. The van der Waals surface area contributed by atoms with Crippen LogP contribution in [0.4, 0.5) is 16.2 Å². The number of carbonyl (C=O) groups excluding carboxylic acids is 2. The normalized spacial score (nSPS) is 19.2. The smallest absolute Gasteiger partial charge is 0.321 e. The van der Waals surface area contributed by atoms with Crippen molar-refractivity contribution in [1.82, 2.24) is 9.80 Å². The fourth-order valence-corrected chi connectivity index (χ4v) is 4.76. The highest BCUT2D eigenvalue weighted by atomic mass is 16.2. The molecule has 0 spiro atoms. The summed E-state index contributed by atoms with van der Waals surface area (Å²) in [7, 11) is 1.87. The van der Waals surface area contributed by atoms with Gasteiger partial charge >= 0.3 is 6.03 Å². The van der Waals surface area contributed by atoms with E-state index in [4.69, 9.17) is 0 Å². The lowest BCUT2D eigenvalue weighted by atomic mass is 9.89. The Labute approximate surface area is 191 Å². The molecule has 170 valence electrons. The van der Waals surface area contributed by atoms with Crippen molar-refractivity contribution in [3.05, 3.63) is 59.7 Å². The monoisotopic (exact) mass is 434 g/mol. The van der Waals surface area contributed by atoms with E-state index in [-0.39, 0.29) is 18.0 Å². The van der Waals surface area contributed by atoms with Gasteiger partial charge in [0.05, 0.1) is 6.04 Å². The fraction of sp³-hybridized carbons (Fsp3) is 0.462. The van der Waals surface area contributed by atoms with Crippen LogP contribution in [0.15, 0.2) is 48.5 Å². The summed E-state index contributed by atoms with van der Waals surface area (Å²) >= 11 is 0. The third-order valence-corrected chi connectivity index (χ3v) is 7.02. The summed E-state index contributed by atoms with van der Waals surface area (Å²) in [6.45, 7) is 7.06. The van der Waals surface area contributed by atoms with Gasteiger partial charge in [0.25, 0.3) is 0 Å². The Morgan fingerprint density at radius 3 is 2.22 bits per heavy atom. The molecule has 3 amide bonds. The summed E-state index contributed by atoms with van der Waals surface area (Å²) in [5.41, 5.74) is 4.60. The number of likely N-dealkylation sites (tertiary alicyclic amines) is 1. The SMILES string of the molecule is CC(=O)N(C)C1CCN(c2ccc(NC(=O)N3CCC(c4ccc(C)cc4)CC3)cc2)C1. The predicted molar refractivity (Wildman–Crippen MR) is 129 cm³/mol. The highest BCUT2D eigenvalue weighted by Crippen LogP contribution is 2.29. The molecule has 2 fully saturated rings. The molecule has 2 aromatic rings. The zero-order valence-corrected chi connectivity index (χ0v) is 19.4. The van der Waals surface area contributed by atoms with E-state index in [1.165, 1.54) is 11.1 Å². The lowest BCUT2D eigenvalue weighted by molar-refractivity contribution is -0.129. The van der Waals surface area contributed by atoms with Crippen LogP contribution < -0.4 is 10.2 Å². The number of nitrogens with one attached hydrogen (secondary N) is 1. The first kappa shape index (κ1) is 22.2. The molecule has 1 N–H and O–H groups in total. The number of likely N-dealkylation sites (N-methyl/N-ethyl adjacent to an activating group) is 1. The summed E-state index contributed by atoms with van der Waals surface area (Å²) in [6, 6.07) is 17.0. The van der Waals surface area contributed by atoms with Crippen LogP contribution in [-0.2, 0) is 4.79 Å². The minimum Gasteiger partial charge on any atom is -0.369 e. The number of benzene rings is 2. The summed E-state index contributed by atoms with van der Waals surface area (Å²) in [5, 5.41) is 3.05. The number of nitrogens with zero attached hydrogens (tertiary/aromatic N) is 3. The summed E-state index contributed by atoms with van der Waals surface area (Å²) in [5.74, 6) is 0.642. The van der Waals surface area contributed by atoms with Gasteiger partial charge < -0.3 is 20.0 Å². The Kier molecular flexibility index (Phi) is 6.68. The third-order valence-electron chi connectivity index (χ3n) is 7.02. The second-order valence-corrected chi connectivity index (χ2v) is 9.17. The average molecular weight is 435 g/mol. The molecule has 2 heterocycles. The van der Waals surface area contributed by atoms with Crippen molar-refractivity contribution in [2.24, 2.45) is 0 Å². The van der Waals surface area contributed by atoms with Crippen LogP contribution in [0.3, 0.4) is 0 Å². The van der Waals surface area contributed by atoms with E-state index in [1.807, 2.05) is 29.0 Å². The van der Waals surface area contributed by atoms with Crippen LogP contribution >= 0.6 is 0 Å². The van der Waals surface area contributed by atoms with Gasteiger partial charge in [-0.25, -0.2) is 4.79 Å². The first-order chi connectivity index (χ1) is 15.4. The molecule has 2 aliphatic rings. The van der Waals surface area contributed by atoms with Gasteiger partial charge in [0.1, 0.15) is 0 Å². The van der Waals surface area contributed by atoms with Crippen LogP contribution in [0.2, 0.25) is 0 Å². The molecule has 0 bridgehead atoms. The third kappa shape index (κ3) is 5.06. The van der Waals surface area contributed by atoms with Crippen molar-refractivity contribution in [1.29, 1.82) is 0 Å². The predicted octanol–water partition coefficient (Wildman–Crippen LogP) is 4.46.